The summed E-state index contributed by atoms with van der Waals surface area (Å²) in [5.74, 6) is 0.241. The molecule has 0 spiro atoms. The van der Waals surface area contributed by atoms with Crippen LogP contribution in [0.3, 0.4) is 0 Å². The predicted octanol–water partition coefficient (Wildman–Crippen LogP) is 4.10. The number of benzene rings is 2. The van der Waals surface area contributed by atoms with Crippen molar-refractivity contribution >= 4 is 15.8 Å². The standard InChI is InChI=1S/C17H19NO5S/c1-11(2)14-9-8-12(3)10-16(14)23-24(21,22)17-13(4)6-5-7-15(17)18(19)20/h5-11H,1-4H3. The highest BCUT2D eigenvalue weighted by Gasteiger charge is 2.30. The third-order valence-electron chi connectivity index (χ3n) is 3.63. The summed E-state index contributed by atoms with van der Waals surface area (Å²) in [5, 5.41) is 11.2. The number of nitro groups is 1. The van der Waals surface area contributed by atoms with E-state index in [4.69, 9.17) is 4.18 Å². The van der Waals surface area contributed by atoms with Crippen molar-refractivity contribution in [2.24, 2.45) is 0 Å². The molecule has 0 saturated heterocycles. The zero-order chi connectivity index (χ0) is 18.1. The quantitative estimate of drug-likeness (QED) is 0.461. The summed E-state index contributed by atoms with van der Waals surface area (Å²) in [5.41, 5.74) is 1.33. The van der Waals surface area contributed by atoms with Gasteiger partial charge in [-0.15, -0.1) is 0 Å². The van der Waals surface area contributed by atoms with Gasteiger partial charge in [-0.25, -0.2) is 0 Å². The van der Waals surface area contributed by atoms with Gasteiger partial charge in [-0.2, -0.15) is 8.42 Å². The third kappa shape index (κ3) is 3.56. The van der Waals surface area contributed by atoms with Crippen molar-refractivity contribution in [1.29, 1.82) is 0 Å². The van der Waals surface area contributed by atoms with Gasteiger partial charge in [0, 0.05) is 6.07 Å². The van der Waals surface area contributed by atoms with Crippen molar-refractivity contribution in [3.63, 3.8) is 0 Å². The maximum Gasteiger partial charge on any atom is 0.346 e. The van der Waals surface area contributed by atoms with Gasteiger partial charge in [-0.1, -0.05) is 38.1 Å². The highest BCUT2D eigenvalue weighted by atomic mass is 32.2. The highest BCUT2D eigenvalue weighted by molar-refractivity contribution is 7.87. The first-order chi connectivity index (χ1) is 11.1. The van der Waals surface area contributed by atoms with Crippen molar-refractivity contribution in [2.45, 2.75) is 38.5 Å². The Labute approximate surface area is 141 Å². The number of aryl methyl sites for hydroxylation is 2. The number of hydrogen-bond acceptors (Lipinski definition) is 5. The Hall–Kier alpha value is -2.41. The van der Waals surface area contributed by atoms with Crippen LogP contribution in [0.4, 0.5) is 5.69 Å². The molecule has 24 heavy (non-hydrogen) atoms. The maximum atomic E-state index is 12.7. The van der Waals surface area contributed by atoms with Crippen LogP contribution in [-0.4, -0.2) is 13.3 Å². The van der Waals surface area contributed by atoms with Crippen LogP contribution in [0.2, 0.25) is 0 Å². The molecule has 0 aromatic heterocycles. The third-order valence-corrected chi connectivity index (χ3v) is 5.06. The molecular weight excluding hydrogens is 330 g/mol. The minimum absolute atomic E-state index is 0.0441. The van der Waals surface area contributed by atoms with Gasteiger partial charge < -0.3 is 4.18 Å². The largest absolute Gasteiger partial charge is 0.378 e. The van der Waals surface area contributed by atoms with Gasteiger partial charge in [0.25, 0.3) is 5.69 Å². The summed E-state index contributed by atoms with van der Waals surface area (Å²) in [4.78, 5) is 10.1. The SMILES string of the molecule is Cc1ccc(C(C)C)c(OS(=O)(=O)c2c(C)cccc2[N+](=O)[O-])c1. The van der Waals surface area contributed by atoms with Crippen LogP contribution in [-0.2, 0) is 10.1 Å². The average molecular weight is 349 g/mol. The number of hydrogen-bond donors (Lipinski definition) is 0. The van der Waals surface area contributed by atoms with E-state index in [1.54, 1.807) is 12.1 Å². The smallest absolute Gasteiger partial charge is 0.346 e. The number of nitro benzene ring substituents is 1. The second kappa shape index (κ2) is 6.60. The molecule has 0 fully saturated rings. The van der Waals surface area contributed by atoms with Crippen molar-refractivity contribution in [3.8, 4) is 5.75 Å². The zero-order valence-corrected chi connectivity index (χ0v) is 14.8. The Morgan fingerprint density at radius 1 is 1.12 bits per heavy atom. The summed E-state index contributed by atoms with van der Waals surface area (Å²) in [6.07, 6.45) is 0. The van der Waals surface area contributed by atoms with E-state index in [-0.39, 0.29) is 17.2 Å². The van der Waals surface area contributed by atoms with E-state index in [0.717, 1.165) is 17.2 Å². The van der Waals surface area contributed by atoms with Gasteiger partial charge in [0.2, 0.25) is 0 Å². The van der Waals surface area contributed by atoms with Crippen molar-refractivity contribution < 1.29 is 17.5 Å². The van der Waals surface area contributed by atoms with Crippen molar-refractivity contribution in [3.05, 3.63) is 63.2 Å². The van der Waals surface area contributed by atoms with E-state index in [2.05, 4.69) is 0 Å². The summed E-state index contributed by atoms with van der Waals surface area (Å²) < 4.78 is 30.7. The molecule has 0 saturated carbocycles. The zero-order valence-electron chi connectivity index (χ0n) is 13.9. The monoisotopic (exact) mass is 349 g/mol. The molecule has 0 bridgehead atoms. The molecule has 2 aromatic rings. The molecule has 7 heteroatoms. The van der Waals surface area contributed by atoms with Crippen LogP contribution in [0.15, 0.2) is 41.3 Å². The fourth-order valence-corrected chi connectivity index (χ4v) is 3.78. The molecule has 0 N–H and O–H groups in total. The molecule has 2 rings (SSSR count). The molecule has 0 unspecified atom stereocenters. The molecule has 0 aliphatic heterocycles. The minimum Gasteiger partial charge on any atom is -0.378 e. The first-order valence-electron chi connectivity index (χ1n) is 7.42. The van der Waals surface area contributed by atoms with E-state index in [0.29, 0.717) is 0 Å². The van der Waals surface area contributed by atoms with Gasteiger partial charge in [-0.3, -0.25) is 10.1 Å². The predicted molar refractivity (Wildman–Crippen MR) is 90.9 cm³/mol. The summed E-state index contributed by atoms with van der Waals surface area (Å²) in [6.45, 7) is 7.16. The Bertz CT molecular complexity index is 888. The Morgan fingerprint density at radius 3 is 2.38 bits per heavy atom. The van der Waals surface area contributed by atoms with Gasteiger partial charge in [0.05, 0.1) is 4.92 Å². The summed E-state index contributed by atoms with van der Waals surface area (Å²) >= 11 is 0. The van der Waals surface area contributed by atoms with Crippen LogP contribution in [0.1, 0.15) is 36.5 Å². The maximum absolute atomic E-state index is 12.7. The van der Waals surface area contributed by atoms with E-state index in [1.165, 1.54) is 19.1 Å². The summed E-state index contributed by atoms with van der Waals surface area (Å²) in [7, 11) is -4.33. The average Bonchev–Trinajstić information content (AvgIpc) is 2.45. The molecule has 128 valence electrons. The molecule has 0 heterocycles. The molecule has 0 amide bonds. The fourth-order valence-electron chi connectivity index (χ4n) is 2.46. The summed E-state index contributed by atoms with van der Waals surface area (Å²) in [6, 6.07) is 9.39. The highest BCUT2D eigenvalue weighted by Crippen LogP contribution is 2.33. The number of nitrogens with zero attached hydrogens (tertiary/aromatic N) is 1. The van der Waals surface area contributed by atoms with Gasteiger partial charge in [0.15, 0.2) is 4.90 Å². The van der Waals surface area contributed by atoms with Gasteiger partial charge in [-0.05, 0) is 42.5 Å². The van der Waals surface area contributed by atoms with Crippen LogP contribution in [0, 0.1) is 24.0 Å². The van der Waals surface area contributed by atoms with Crippen molar-refractivity contribution in [1.82, 2.24) is 0 Å². The second-order valence-electron chi connectivity index (χ2n) is 5.91. The first-order valence-corrected chi connectivity index (χ1v) is 8.83. The van der Waals surface area contributed by atoms with Crippen LogP contribution in [0.5, 0.6) is 5.75 Å². The lowest BCUT2D eigenvalue weighted by Crippen LogP contribution is -2.15. The lowest BCUT2D eigenvalue weighted by Gasteiger charge is -2.15. The van der Waals surface area contributed by atoms with E-state index >= 15 is 0 Å². The van der Waals surface area contributed by atoms with Crippen LogP contribution >= 0.6 is 0 Å². The van der Waals surface area contributed by atoms with E-state index in [9.17, 15) is 18.5 Å². The lowest BCUT2D eigenvalue weighted by molar-refractivity contribution is -0.388. The molecule has 0 aliphatic carbocycles. The minimum atomic E-state index is -4.33. The second-order valence-corrected chi connectivity index (χ2v) is 7.40. The van der Waals surface area contributed by atoms with Crippen molar-refractivity contribution in [2.75, 3.05) is 0 Å². The Balaban J connectivity index is 2.59. The first kappa shape index (κ1) is 17.9. The number of rotatable bonds is 5. The van der Waals surface area contributed by atoms with E-state index in [1.807, 2.05) is 26.8 Å². The molecule has 0 aliphatic rings. The normalized spacial score (nSPS) is 11.5. The Kier molecular flexibility index (Phi) is 4.94. The molecular formula is C17H19NO5S. The van der Waals surface area contributed by atoms with Crippen LogP contribution < -0.4 is 4.18 Å². The lowest BCUT2D eigenvalue weighted by atomic mass is 10.0. The molecule has 0 radical (unpaired) electrons. The molecule has 6 nitrogen and oxygen atoms in total. The Morgan fingerprint density at radius 2 is 1.79 bits per heavy atom. The topological polar surface area (TPSA) is 86.5 Å². The van der Waals surface area contributed by atoms with Gasteiger partial charge in [0.1, 0.15) is 5.75 Å². The molecule has 0 atom stereocenters. The van der Waals surface area contributed by atoms with E-state index < -0.39 is 25.6 Å². The van der Waals surface area contributed by atoms with Gasteiger partial charge >= 0.3 is 10.1 Å². The molecule has 2 aromatic carbocycles. The van der Waals surface area contributed by atoms with Crippen LogP contribution in [0.25, 0.3) is 0 Å². The fraction of sp³-hybridized carbons (Fsp3) is 0.294.